The number of aromatic amines is 1. The van der Waals surface area contributed by atoms with E-state index in [1.807, 2.05) is 55.3 Å². The molecule has 0 saturated heterocycles. The summed E-state index contributed by atoms with van der Waals surface area (Å²) in [6, 6.07) is 10.2. The molecule has 6 nitrogen and oxygen atoms in total. The van der Waals surface area contributed by atoms with Crippen molar-refractivity contribution in [3.63, 3.8) is 0 Å². The number of rotatable bonds is 4. The first-order valence-corrected chi connectivity index (χ1v) is 8.34. The lowest BCUT2D eigenvalue weighted by Gasteiger charge is -2.08. The van der Waals surface area contributed by atoms with E-state index in [0.29, 0.717) is 0 Å². The molecule has 0 amide bonds. The highest BCUT2D eigenvalue weighted by molar-refractivity contribution is 8.00. The topological polar surface area (TPSA) is 71.4 Å². The number of anilines is 1. The van der Waals surface area contributed by atoms with E-state index >= 15 is 0 Å². The number of H-pyrrole nitrogens is 1. The SMILES string of the molecule is Cc1ncc(-c2ccc(SNc3cccc4cnn(C)c34)cn2)[nH]1. The highest BCUT2D eigenvalue weighted by Gasteiger charge is 2.07. The van der Waals surface area contributed by atoms with Crippen LogP contribution in [0.2, 0.25) is 0 Å². The summed E-state index contributed by atoms with van der Waals surface area (Å²) in [7, 11) is 1.95. The van der Waals surface area contributed by atoms with E-state index in [2.05, 4.69) is 30.8 Å². The van der Waals surface area contributed by atoms with E-state index in [-0.39, 0.29) is 0 Å². The third-order valence-corrected chi connectivity index (χ3v) is 4.55. The number of pyridine rings is 1. The van der Waals surface area contributed by atoms with E-state index in [4.69, 9.17) is 0 Å². The summed E-state index contributed by atoms with van der Waals surface area (Å²) < 4.78 is 5.27. The number of aryl methyl sites for hydroxylation is 2. The summed E-state index contributed by atoms with van der Waals surface area (Å²) in [4.78, 5) is 12.9. The van der Waals surface area contributed by atoms with Crippen molar-refractivity contribution in [2.75, 3.05) is 4.72 Å². The first-order chi connectivity index (χ1) is 11.7. The van der Waals surface area contributed by atoms with Crippen LogP contribution in [0.1, 0.15) is 5.82 Å². The van der Waals surface area contributed by atoms with Gasteiger partial charge < -0.3 is 9.71 Å². The van der Waals surface area contributed by atoms with Crippen LogP contribution in [-0.4, -0.2) is 24.7 Å². The van der Waals surface area contributed by atoms with Crippen molar-refractivity contribution in [2.24, 2.45) is 7.05 Å². The van der Waals surface area contributed by atoms with E-state index in [9.17, 15) is 0 Å². The minimum atomic E-state index is 0.883. The Balaban J connectivity index is 1.52. The van der Waals surface area contributed by atoms with Gasteiger partial charge in [0.1, 0.15) is 5.82 Å². The lowest BCUT2D eigenvalue weighted by atomic mass is 10.2. The van der Waals surface area contributed by atoms with Gasteiger partial charge in [0.15, 0.2) is 0 Å². The van der Waals surface area contributed by atoms with Gasteiger partial charge in [-0.25, -0.2) is 4.98 Å². The van der Waals surface area contributed by atoms with Crippen molar-refractivity contribution in [1.82, 2.24) is 24.7 Å². The third-order valence-electron chi connectivity index (χ3n) is 3.75. The van der Waals surface area contributed by atoms with E-state index < -0.39 is 0 Å². The maximum Gasteiger partial charge on any atom is 0.103 e. The number of benzene rings is 1. The van der Waals surface area contributed by atoms with Crippen LogP contribution in [0.25, 0.3) is 22.3 Å². The second kappa shape index (κ2) is 6.01. The van der Waals surface area contributed by atoms with Crippen LogP contribution >= 0.6 is 11.9 Å². The molecule has 0 aliphatic rings. The number of hydrogen-bond donors (Lipinski definition) is 2. The maximum absolute atomic E-state index is 4.49. The molecule has 120 valence electrons. The largest absolute Gasteiger partial charge is 0.341 e. The molecule has 0 unspecified atom stereocenters. The Labute approximate surface area is 143 Å². The van der Waals surface area contributed by atoms with Gasteiger partial charge >= 0.3 is 0 Å². The highest BCUT2D eigenvalue weighted by Crippen LogP contribution is 2.28. The molecule has 4 rings (SSSR count). The number of fused-ring (bicyclic) bond motifs is 1. The van der Waals surface area contributed by atoms with Crippen molar-refractivity contribution in [3.05, 3.63) is 54.7 Å². The average Bonchev–Trinajstić information content (AvgIpc) is 3.20. The molecular formula is C17H16N6S. The molecule has 0 aliphatic heterocycles. The summed E-state index contributed by atoms with van der Waals surface area (Å²) >= 11 is 1.53. The molecule has 0 spiro atoms. The van der Waals surface area contributed by atoms with Crippen LogP contribution in [0.4, 0.5) is 5.69 Å². The summed E-state index contributed by atoms with van der Waals surface area (Å²) in [5.41, 5.74) is 3.93. The van der Waals surface area contributed by atoms with E-state index in [1.165, 1.54) is 11.9 Å². The summed E-state index contributed by atoms with van der Waals surface area (Å²) in [5, 5.41) is 5.42. The molecule has 7 heteroatoms. The van der Waals surface area contributed by atoms with Gasteiger partial charge in [0.25, 0.3) is 0 Å². The van der Waals surface area contributed by atoms with Crippen LogP contribution in [0.5, 0.6) is 0 Å². The molecule has 0 saturated carbocycles. The maximum atomic E-state index is 4.49. The fourth-order valence-corrected chi connectivity index (χ4v) is 3.21. The van der Waals surface area contributed by atoms with E-state index in [0.717, 1.165) is 38.7 Å². The number of para-hydroxylation sites is 1. The molecule has 2 N–H and O–H groups in total. The molecule has 24 heavy (non-hydrogen) atoms. The van der Waals surface area contributed by atoms with Crippen molar-refractivity contribution in [2.45, 2.75) is 11.8 Å². The Morgan fingerprint density at radius 2 is 2.00 bits per heavy atom. The Bertz CT molecular complexity index is 986. The minimum absolute atomic E-state index is 0.883. The molecule has 3 aromatic heterocycles. The quantitative estimate of drug-likeness (QED) is 0.555. The van der Waals surface area contributed by atoms with Crippen LogP contribution < -0.4 is 4.72 Å². The van der Waals surface area contributed by atoms with Crippen LogP contribution in [0.3, 0.4) is 0 Å². The smallest absolute Gasteiger partial charge is 0.103 e. The van der Waals surface area contributed by atoms with Crippen LogP contribution in [-0.2, 0) is 7.05 Å². The average molecular weight is 336 g/mol. The fourth-order valence-electron chi connectivity index (χ4n) is 2.58. The molecule has 4 aromatic rings. The first-order valence-electron chi connectivity index (χ1n) is 7.52. The van der Waals surface area contributed by atoms with Gasteiger partial charge in [0.2, 0.25) is 0 Å². The molecular weight excluding hydrogens is 320 g/mol. The second-order valence-corrected chi connectivity index (χ2v) is 6.36. The van der Waals surface area contributed by atoms with Gasteiger partial charge in [0.05, 0.1) is 35.0 Å². The monoisotopic (exact) mass is 336 g/mol. The number of hydrogen-bond acceptors (Lipinski definition) is 5. The van der Waals surface area contributed by atoms with Gasteiger partial charge in [-0.1, -0.05) is 12.1 Å². The summed E-state index contributed by atoms with van der Waals surface area (Å²) in [6.45, 7) is 1.93. The molecule has 0 atom stereocenters. The Kier molecular flexibility index (Phi) is 3.70. The zero-order valence-electron chi connectivity index (χ0n) is 13.3. The predicted octanol–water partition coefficient (Wildman–Crippen LogP) is 3.79. The molecule has 0 aliphatic carbocycles. The number of aromatic nitrogens is 5. The predicted molar refractivity (Wildman–Crippen MR) is 96.7 cm³/mol. The molecule has 3 heterocycles. The van der Waals surface area contributed by atoms with Crippen molar-refractivity contribution >= 4 is 28.5 Å². The highest BCUT2D eigenvalue weighted by atomic mass is 32.2. The molecule has 0 radical (unpaired) electrons. The summed E-state index contributed by atoms with van der Waals surface area (Å²) in [5.74, 6) is 0.885. The van der Waals surface area contributed by atoms with Gasteiger partial charge in [0, 0.05) is 23.5 Å². The second-order valence-electron chi connectivity index (χ2n) is 5.48. The summed E-state index contributed by atoms with van der Waals surface area (Å²) in [6.07, 6.45) is 5.52. The lowest BCUT2D eigenvalue weighted by molar-refractivity contribution is 0.798. The molecule has 0 bridgehead atoms. The number of imidazole rings is 1. The van der Waals surface area contributed by atoms with Gasteiger partial charge in [-0.3, -0.25) is 9.67 Å². The lowest BCUT2D eigenvalue weighted by Crippen LogP contribution is -1.94. The zero-order valence-corrected chi connectivity index (χ0v) is 14.1. The Hall–Kier alpha value is -2.80. The fraction of sp³-hybridized carbons (Fsp3) is 0.118. The minimum Gasteiger partial charge on any atom is -0.341 e. The van der Waals surface area contributed by atoms with Crippen molar-refractivity contribution < 1.29 is 0 Å². The molecule has 1 aromatic carbocycles. The Morgan fingerprint density at radius 3 is 2.75 bits per heavy atom. The standard InChI is InChI=1S/C17H16N6S/c1-11-18-10-16(21-11)14-7-6-13(9-19-14)24-22-15-5-3-4-12-8-20-23(2)17(12)15/h3-10,22H,1-2H3,(H,18,21). The number of nitrogens with zero attached hydrogens (tertiary/aromatic N) is 4. The van der Waals surface area contributed by atoms with Crippen molar-refractivity contribution in [3.8, 4) is 11.4 Å². The van der Waals surface area contributed by atoms with Gasteiger partial charge in [-0.2, -0.15) is 5.10 Å². The van der Waals surface area contributed by atoms with E-state index in [1.54, 1.807) is 6.20 Å². The van der Waals surface area contributed by atoms with Crippen LogP contribution in [0, 0.1) is 6.92 Å². The zero-order chi connectivity index (χ0) is 16.5. The third kappa shape index (κ3) is 2.74. The number of nitrogens with one attached hydrogen (secondary N) is 2. The van der Waals surface area contributed by atoms with Crippen molar-refractivity contribution in [1.29, 1.82) is 0 Å². The molecule has 0 fully saturated rings. The normalized spacial score (nSPS) is 11.1. The first kappa shape index (κ1) is 14.8. The Morgan fingerprint density at radius 1 is 1.08 bits per heavy atom. The van der Waals surface area contributed by atoms with Crippen LogP contribution in [0.15, 0.2) is 53.8 Å². The van der Waals surface area contributed by atoms with Gasteiger partial charge in [-0.15, -0.1) is 0 Å². The van der Waals surface area contributed by atoms with Gasteiger partial charge in [-0.05, 0) is 37.1 Å².